The topological polar surface area (TPSA) is 52.7 Å². The van der Waals surface area contributed by atoms with Gasteiger partial charge >= 0.3 is 0 Å². The van der Waals surface area contributed by atoms with Gasteiger partial charge in [-0.1, -0.05) is 18.2 Å². The Labute approximate surface area is 82.4 Å². The number of aromatic nitrogens is 2. The number of hydrogen-bond acceptors (Lipinski definition) is 3. The van der Waals surface area contributed by atoms with Gasteiger partial charge in [-0.05, 0) is 13.1 Å². The van der Waals surface area contributed by atoms with Crippen molar-refractivity contribution in [2.24, 2.45) is 0 Å². The second-order valence-corrected chi connectivity index (χ2v) is 3.17. The minimum atomic E-state index is -0.166. The van der Waals surface area contributed by atoms with Gasteiger partial charge in [0.05, 0.1) is 12.7 Å². The van der Waals surface area contributed by atoms with Crippen LogP contribution in [0.3, 0.4) is 0 Å². The average Bonchev–Trinajstić information content (AvgIpc) is 2.48. The molecule has 0 aliphatic carbocycles. The molecule has 1 rings (SSSR count). The van der Waals surface area contributed by atoms with Crippen LogP contribution in [0.25, 0.3) is 0 Å². The summed E-state index contributed by atoms with van der Waals surface area (Å²) in [5.74, 6) is 0.900. The number of alkyl halides is 1. The predicted octanol–water partition coefficient (Wildman–Crippen LogP) is 1.43. The molecule has 0 fully saturated rings. The van der Waals surface area contributed by atoms with Crippen molar-refractivity contribution >= 4 is 17.4 Å². The molecule has 4 nitrogen and oxygen atoms in total. The Morgan fingerprint density at radius 1 is 1.85 bits per heavy atom. The number of aryl methyl sites for hydroxylation is 1. The maximum atomic E-state index is 5.87. The molecule has 1 atom stereocenters. The highest BCUT2D eigenvalue weighted by Crippen LogP contribution is 2.08. The van der Waals surface area contributed by atoms with E-state index in [1.165, 1.54) is 0 Å². The Balaban J connectivity index is 2.34. The van der Waals surface area contributed by atoms with Crippen molar-refractivity contribution < 1.29 is 0 Å². The summed E-state index contributed by atoms with van der Waals surface area (Å²) < 4.78 is 0. The molecule has 5 heteroatoms. The zero-order valence-electron chi connectivity index (χ0n) is 7.47. The summed E-state index contributed by atoms with van der Waals surface area (Å²) in [6, 6.07) is 0. The number of rotatable bonds is 5. The second kappa shape index (κ2) is 4.77. The van der Waals surface area contributed by atoms with Crippen LogP contribution in [-0.4, -0.2) is 22.2 Å². The first kappa shape index (κ1) is 9.92. The number of anilines is 1. The Morgan fingerprint density at radius 2 is 2.62 bits per heavy atom. The monoisotopic (exact) mass is 200 g/mol. The third-order valence-electron chi connectivity index (χ3n) is 1.59. The lowest BCUT2D eigenvalue weighted by atomic mass is 10.4. The third kappa shape index (κ3) is 2.99. The zero-order chi connectivity index (χ0) is 9.68. The summed E-state index contributed by atoms with van der Waals surface area (Å²) in [6.07, 6.45) is 3.33. The fraction of sp³-hybridized carbons (Fsp3) is 0.375. The van der Waals surface area contributed by atoms with E-state index in [4.69, 9.17) is 11.6 Å². The van der Waals surface area contributed by atoms with Gasteiger partial charge < -0.3 is 10.6 Å². The van der Waals surface area contributed by atoms with Crippen molar-refractivity contribution in [2.45, 2.75) is 12.4 Å². The Bertz CT molecular complexity index is 271. The van der Waals surface area contributed by atoms with E-state index in [1.807, 2.05) is 6.92 Å². The molecule has 0 amide bonds. The molecule has 1 unspecified atom stereocenters. The van der Waals surface area contributed by atoms with Crippen molar-refractivity contribution in [2.75, 3.05) is 11.9 Å². The van der Waals surface area contributed by atoms with Crippen LogP contribution in [-0.2, 0) is 0 Å². The van der Waals surface area contributed by atoms with E-state index < -0.39 is 0 Å². The van der Waals surface area contributed by atoms with Gasteiger partial charge in [0.25, 0.3) is 0 Å². The largest absolute Gasteiger partial charge is 0.374 e. The lowest BCUT2D eigenvalue weighted by Gasteiger charge is -2.10. The van der Waals surface area contributed by atoms with Crippen LogP contribution in [0, 0.1) is 6.92 Å². The molecule has 0 aliphatic rings. The number of H-pyrrole nitrogens is 1. The molecule has 13 heavy (non-hydrogen) atoms. The summed E-state index contributed by atoms with van der Waals surface area (Å²) in [6.45, 7) is 6.10. The van der Waals surface area contributed by atoms with Crippen LogP contribution < -0.4 is 10.6 Å². The second-order valence-electron chi connectivity index (χ2n) is 2.65. The van der Waals surface area contributed by atoms with E-state index in [1.54, 1.807) is 12.4 Å². The minimum absolute atomic E-state index is 0.166. The van der Waals surface area contributed by atoms with E-state index in [2.05, 4.69) is 27.4 Å². The molecule has 0 aromatic carbocycles. The standard InChI is InChI=1S/C8H13ClN4/c1-3-10-7(9)5-11-8-6(2)4-12-13-8/h3-4,7,10H,1,5H2,2H3,(H2,11,12,13). The molecule has 0 saturated carbocycles. The molecule has 72 valence electrons. The highest BCUT2D eigenvalue weighted by atomic mass is 35.5. The predicted molar refractivity (Wildman–Crippen MR) is 54.8 cm³/mol. The number of nitrogens with one attached hydrogen (secondary N) is 3. The van der Waals surface area contributed by atoms with E-state index in [0.29, 0.717) is 6.54 Å². The smallest absolute Gasteiger partial charge is 0.124 e. The minimum Gasteiger partial charge on any atom is -0.374 e. The molecule has 3 N–H and O–H groups in total. The molecule has 1 aromatic heterocycles. The molecule has 1 aromatic rings. The van der Waals surface area contributed by atoms with Crippen LogP contribution in [0.4, 0.5) is 5.82 Å². The van der Waals surface area contributed by atoms with Crippen LogP contribution >= 0.6 is 11.6 Å². The molecule has 1 heterocycles. The highest BCUT2D eigenvalue weighted by Gasteiger charge is 2.02. The summed E-state index contributed by atoms with van der Waals surface area (Å²) in [5.41, 5.74) is 0.905. The Hall–Kier alpha value is -1.16. The lowest BCUT2D eigenvalue weighted by Crippen LogP contribution is -2.26. The molecule has 0 radical (unpaired) electrons. The number of halogens is 1. The van der Waals surface area contributed by atoms with Crippen LogP contribution in [0.1, 0.15) is 5.56 Å². The molecule has 0 spiro atoms. The van der Waals surface area contributed by atoms with E-state index >= 15 is 0 Å². The summed E-state index contributed by atoms with van der Waals surface area (Å²) >= 11 is 5.87. The van der Waals surface area contributed by atoms with Gasteiger partial charge in [-0.3, -0.25) is 5.10 Å². The maximum Gasteiger partial charge on any atom is 0.124 e. The highest BCUT2D eigenvalue weighted by molar-refractivity contribution is 6.20. The lowest BCUT2D eigenvalue weighted by molar-refractivity contribution is 0.796. The van der Waals surface area contributed by atoms with Crippen molar-refractivity contribution in [1.29, 1.82) is 0 Å². The Morgan fingerprint density at radius 3 is 3.15 bits per heavy atom. The average molecular weight is 201 g/mol. The van der Waals surface area contributed by atoms with Gasteiger partial charge in [0.15, 0.2) is 0 Å². The van der Waals surface area contributed by atoms with Crippen molar-refractivity contribution in [3.8, 4) is 0 Å². The first-order valence-corrected chi connectivity index (χ1v) is 4.42. The van der Waals surface area contributed by atoms with Crippen LogP contribution in [0.2, 0.25) is 0 Å². The summed E-state index contributed by atoms with van der Waals surface area (Å²) in [4.78, 5) is 0. The van der Waals surface area contributed by atoms with Gasteiger partial charge in [-0.15, -0.1) is 0 Å². The molecular weight excluding hydrogens is 188 g/mol. The van der Waals surface area contributed by atoms with Gasteiger partial charge in [0.1, 0.15) is 11.3 Å². The number of hydrogen-bond donors (Lipinski definition) is 3. The van der Waals surface area contributed by atoms with Gasteiger partial charge in [0.2, 0.25) is 0 Å². The first-order valence-electron chi connectivity index (χ1n) is 3.99. The SMILES string of the molecule is C=CNC(Cl)CNc1[nH]ncc1C. The molecular formula is C8H13ClN4. The normalized spacial score (nSPS) is 12.2. The van der Waals surface area contributed by atoms with Crippen LogP contribution in [0.5, 0.6) is 0 Å². The maximum absolute atomic E-state index is 5.87. The van der Waals surface area contributed by atoms with Gasteiger partial charge in [-0.2, -0.15) is 5.10 Å². The fourth-order valence-corrected chi connectivity index (χ4v) is 1.07. The zero-order valence-corrected chi connectivity index (χ0v) is 8.23. The first-order chi connectivity index (χ1) is 6.24. The summed E-state index contributed by atoms with van der Waals surface area (Å²) in [5, 5.41) is 12.7. The van der Waals surface area contributed by atoms with Crippen molar-refractivity contribution in [1.82, 2.24) is 15.5 Å². The van der Waals surface area contributed by atoms with Gasteiger partial charge in [0, 0.05) is 5.56 Å². The number of aromatic amines is 1. The quantitative estimate of drug-likeness (QED) is 0.498. The third-order valence-corrected chi connectivity index (χ3v) is 1.87. The molecule has 0 bridgehead atoms. The fourth-order valence-electron chi connectivity index (χ4n) is 0.904. The van der Waals surface area contributed by atoms with Crippen molar-refractivity contribution in [3.05, 3.63) is 24.5 Å². The molecule has 0 aliphatic heterocycles. The number of nitrogens with zero attached hydrogens (tertiary/aromatic N) is 1. The molecule has 0 saturated heterocycles. The van der Waals surface area contributed by atoms with Gasteiger partial charge in [-0.25, -0.2) is 0 Å². The summed E-state index contributed by atoms with van der Waals surface area (Å²) in [7, 11) is 0. The Kier molecular flexibility index (Phi) is 3.64. The van der Waals surface area contributed by atoms with E-state index in [0.717, 1.165) is 11.4 Å². The van der Waals surface area contributed by atoms with Crippen molar-refractivity contribution in [3.63, 3.8) is 0 Å². The van der Waals surface area contributed by atoms with Crippen LogP contribution in [0.15, 0.2) is 19.0 Å². The van der Waals surface area contributed by atoms with E-state index in [-0.39, 0.29) is 5.50 Å². The van der Waals surface area contributed by atoms with E-state index in [9.17, 15) is 0 Å².